The van der Waals surface area contributed by atoms with Crippen molar-refractivity contribution in [1.29, 1.82) is 0 Å². The predicted molar refractivity (Wildman–Crippen MR) is 98.2 cm³/mol. The second-order valence-electron chi connectivity index (χ2n) is 5.64. The molecule has 0 unspecified atom stereocenters. The molecule has 0 radical (unpaired) electrons. The van der Waals surface area contributed by atoms with Gasteiger partial charge in [0.05, 0.1) is 11.4 Å². The summed E-state index contributed by atoms with van der Waals surface area (Å²) in [7, 11) is 0. The third kappa shape index (κ3) is 3.60. The van der Waals surface area contributed by atoms with Gasteiger partial charge < -0.3 is 9.67 Å². The number of phenols is 1. The number of hydrogen-bond acceptors (Lipinski definition) is 6. The number of benzene rings is 2. The van der Waals surface area contributed by atoms with Gasteiger partial charge in [0.15, 0.2) is 0 Å². The summed E-state index contributed by atoms with van der Waals surface area (Å²) in [5, 5.41) is 22.0. The summed E-state index contributed by atoms with van der Waals surface area (Å²) in [4.78, 5) is 4.46. The molecular weight excluding hydrogens is 348 g/mol. The third-order valence-corrected chi connectivity index (χ3v) is 4.78. The van der Waals surface area contributed by atoms with Gasteiger partial charge in [0.25, 0.3) is 0 Å². The van der Waals surface area contributed by atoms with Crippen LogP contribution in [0.1, 0.15) is 11.4 Å². The van der Waals surface area contributed by atoms with Gasteiger partial charge in [0.2, 0.25) is 5.16 Å². The molecule has 2 aromatic carbocycles. The van der Waals surface area contributed by atoms with Crippen LogP contribution in [-0.2, 0) is 12.3 Å². The first-order chi connectivity index (χ1) is 12.8. The number of aromatic hydroxyl groups is 1. The monoisotopic (exact) mass is 364 g/mol. The van der Waals surface area contributed by atoms with E-state index in [1.54, 1.807) is 28.9 Å². The summed E-state index contributed by atoms with van der Waals surface area (Å²) in [5.74, 6) is 1.82. The first-order valence-electron chi connectivity index (χ1n) is 8.04. The number of imidazole rings is 1. The van der Waals surface area contributed by atoms with E-state index in [4.69, 9.17) is 0 Å². The molecule has 0 fully saturated rings. The van der Waals surface area contributed by atoms with Crippen LogP contribution in [0.15, 0.2) is 72.1 Å². The van der Waals surface area contributed by atoms with E-state index in [1.807, 2.05) is 30.6 Å². The number of nitrogens with zero attached hydrogens (tertiary/aromatic N) is 6. The van der Waals surface area contributed by atoms with Crippen LogP contribution in [0.3, 0.4) is 0 Å². The maximum absolute atomic E-state index is 9.43. The predicted octanol–water partition coefficient (Wildman–Crippen LogP) is 2.91. The second-order valence-corrected chi connectivity index (χ2v) is 6.58. The molecule has 0 amide bonds. The van der Waals surface area contributed by atoms with Crippen LogP contribution in [-0.4, -0.2) is 34.9 Å². The van der Waals surface area contributed by atoms with E-state index in [2.05, 4.69) is 37.2 Å². The van der Waals surface area contributed by atoms with Crippen molar-refractivity contribution in [1.82, 2.24) is 29.8 Å². The lowest BCUT2D eigenvalue weighted by Gasteiger charge is -2.08. The molecule has 0 saturated heterocycles. The van der Waals surface area contributed by atoms with Crippen LogP contribution in [0.2, 0.25) is 0 Å². The molecule has 7 nitrogen and oxygen atoms in total. The molecule has 0 spiro atoms. The lowest BCUT2D eigenvalue weighted by atomic mass is 10.2. The highest BCUT2D eigenvalue weighted by molar-refractivity contribution is 7.98. The Balaban J connectivity index is 1.48. The van der Waals surface area contributed by atoms with E-state index >= 15 is 0 Å². The molecule has 4 rings (SSSR count). The summed E-state index contributed by atoms with van der Waals surface area (Å²) in [5.41, 5.74) is 2.02. The van der Waals surface area contributed by atoms with Crippen molar-refractivity contribution >= 4 is 11.8 Å². The van der Waals surface area contributed by atoms with Crippen molar-refractivity contribution in [3.8, 4) is 11.4 Å². The minimum atomic E-state index is 0.207. The average molecular weight is 364 g/mol. The topological polar surface area (TPSA) is 81.7 Å². The smallest absolute Gasteiger partial charge is 0.214 e. The van der Waals surface area contributed by atoms with E-state index in [1.165, 1.54) is 17.3 Å². The molecule has 26 heavy (non-hydrogen) atoms. The quantitative estimate of drug-likeness (QED) is 0.530. The van der Waals surface area contributed by atoms with Crippen LogP contribution in [0.5, 0.6) is 5.75 Å². The molecule has 130 valence electrons. The number of hydrogen-bond donors (Lipinski definition) is 1. The van der Waals surface area contributed by atoms with Crippen LogP contribution in [0.4, 0.5) is 0 Å². The van der Waals surface area contributed by atoms with E-state index in [9.17, 15) is 5.11 Å². The van der Waals surface area contributed by atoms with Crippen molar-refractivity contribution in [3.05, 3.63) is 78.4 Å². The van der Waals surface area contributed by atoms with Gasteiger partial charge in [-0.25, -0.2) is 4.98 Å². The van der Waals surface area contributed by atoms with Crippen LogP contribution in [0, 0.1) is 0 Å². The van der Waals surface area contributed by atoms with Gasteiger partial charge in [0.1, 0.15) is 11.6 Å². The zero-order valence-electron chi connectivity index (χ0n) is 13.8. The van der Waals surface area contributed by atoms with Gasteiger partial charge in [0, 0.05) is 18.9 Å². The Hall–Kier alpha value is -3.13. The highest BCUT2D eigenvalue weighted by Gasteiger charge is 2.11. The first-order valence-corrected chi connectivity index (χ1v) is 9.03. The van der Waals surface area contributed by atoms with E-state index in [-0.39, 0.29) is 5.75 Å². The van der Waals surface area contributed by atoms with Crippen LogP contribution < -0.4 is 0 Å². The van der Waals surface area contributed by atoms with Crippen molar-refractivity contribution < 1.29 is 5.11 Å². The first kappa shape index (κ1) is 16.3. The second kappa shape index (κ2) is 7.40. The molecule has 2 heterocycles. The van der Waals surface area contributed by atoms with Crippen molar-refractivity contribution in [2.45, 2.75) is 17.5 Å². The molecule has 4 aromatic rings. The zero-order valence-corrected chi connectivity index (χ0v) is 14.6. The van der Waals surface area contributed by atoms with Gasteiger partial charge in [-0.05, 0) is 40.3 Å². The fourth-order valence-corrected chi connectivity index (χ4v) is 3.42. The van der Waals surface area contributed by atoms with Gasteiger partial charge in [-0.15, -0.1) is 5.10 Å². The van der Waals surface area contributed by atoms with E-state index in [0.717, 1.165) is 18.1 Å². The SMILES string of the molecule is Oc1ccc(-n2nnnc2SCc2nccn2Cc2ccccc2)cc1. The highest BCUT2D eigenvalue weighted by Crippen LogP contribution is 2.23. The van der Waals surface area contributed by atoms with E-state index in [0.29, 0.717) is 10.9 Å². The molecule has 0 aliphatic rings. The Morgan fingerprint density at radius 1 is 1.00 bits per heavy atom. The third-order valence-electron chi connectivity index (χ3n) is 3.86. The van der Waals surface area contributed by atoms with Gasteiger partial charge in [-0.3, -0.25) is 0 Å². The largest absolute Gasteiger partial charge is 0.508 e. The Kier molecular flexibility index (Phi) is 4.65. The maximum atomic E-state index is 9.43. The Bertz CT molecular complexity index is 980. The summed E-state index contributed by atoms with van der Waals surface area (Å²) in [6, 6.07) is 17.0. The maximum Gasteiger partial charge on any atom is 0.214 e. The lowest BCUT2D eigenvalue weighted by molar-refractivity contribution is 0.475. The minimum absolute atomic E-state index is 0.207. The molecule has 0 aliphatic heterocycles. The minimum Gasteiger partial charge on any atom is -0.508 e. The van der Waals surface area contributed by atoms with Crippen LogP contribution >= 0.6 is 11.8 Å². The summed E-state index contributed by atoms with van der Waals surface area (Å²) < 4.78 is 3.77. The fourth-order valence-electron chi connectivity index (χ4n) is 2.56. The number of thioether (sulfide) groups is 1. The molecule has 0 aliphatic carbocycles. The molecule has 0 atom stereocenters. The zero-order chi connectivity index (χ0) is 17.8. The molecule has 2 aromatic heterocycles. The van der Waals surface area contributed by atoms with Crippen LogP contribution in [0.25, 0.3) is 5.69 Å². The van der Waals surface area contributed by atoms with Crippen molar-refractivity contribution in [3.63, 3.8) is 0 Å². The van der Waals surface area contributed by atoms with Gasteiger partial charge >= 0.3 is 0 Å². The van der Waals surface area contributed by atoms with Crippen molar-refractivity contribution in [2.24, 2.45) is 0 Å². The summed E-state index contributed by atoms with van der Waals surface area (Å²) in [6.45, 7) is 0.777. The summed E-state index contributed by atoms with van der Waals surface area (Å²) in [6.07, 6.45) is 3.79. The number of tetrazole rings is 1. The Morgan fingerprint density at radius 2 is 1.81 bits per heavy atom. The standard InChI is InChI=1S/C18H16N6OS/c25-16-8-6-15(7-9-16)24-18(20-21-22-24)26-13-17-19-10-11-23(17)12-14-4-2-1-3-5-14/h1-11,25H,12-13H2. The molecule has 0 saturated carbocycles. The van der Waals surface area contributed by atoms with E-state index < -0.39 is 0 Å². The lowest BCUT2D eigenvalue weighted by Crippen LogP contribution is -2.04. The number of phenolic OH excluding ortho intramolecular Hbond substituents is 1. The normalized spacial score (nSPS) is 10.9. The molecular formula is C18H16N6OS. The Labute approximate surface area is 154 Å². The highest BCUT2D eigenvalue weighted by atomic mass is 32.2. The number of rotatable bonds is 6. The Morgan fingerprint density at radius 3 is 2.62 bits per heavy atom. The average Bonchev–Trinajstić information content (AvgIpc) is 3.31. The van der Waals surface area contributed by atoms with Gasteiger partial charge in [-0.2, -0.15) is 4.68 Å². The van der Waals surface area contributed by atoms with Gasteiger partial charge in [-0.1, -0.05) is 42.1 Å². The number of aromatic nitrogens is 6. The fraction of sp³-hybridized carbons (Fsp3) is 0.111. The molecule has 8 heteroatoms. The summed E-state index contributed by atoms with van der Waals surface area (Å²) >= 11 is 1.52. The molecule has 0 bridgehead atoms. The molecule has 1 N–H and O–H groups in total. The van der Waals surface area contributed by atoms with Crippen molar-refractivity contribution in [2.75, 3.05) is 0 Å².